The van der Waals surface area contributed by atoms with Crippen LogP contribution in [0.1, 0.15) is 30.4 Å². The average molecular weight is 487 g/mol. The van der Waals surface area contributed by atoms with Gasteiger partial charge in [0.2, 0.25) is 0 Å². The number of benzene rings is 3. The molecule has 0 bridgehead atoms. The smallest absolute Gasteiger partial charge is 0.269 e. The Kier molecular flexibility index (Phi) is 6.81. The SMILES string of the molecule is O=c1c2cc(N3CCCCC3)ccc2nc(SCc2ccc([N+](=O)[O-])cc2)n1Cc1ccccc1. The van der Waals surface area contributed by atoms with Crippen molar-refractivity contribution in [1.82, 2.24) is 9.55 Å². The molecule has 2 heterocycles. The maximum absolute atomic E-state index is 13.7. The number of nitro benzene ring substituents is 1. The van der Waals surface area contributed by atoms with Gasteiger partial charge in [0.1, 0.15) is 0 Å². The molecule has 0 radical (unpaired) electrons. The number of anilines is 1. The summed E-state index contributed by atoms with van der Waals surface area (Å²) in [6.07, 6.45) is 3.60. The van der Waals surface area contributed by atoms with Crippen molar-refractivity contribution in [2.45, 2.75) is 36.7 Å². The summed E-state index contributed by atoms with van der Waals surface area (Å²) in [7, 11) is 0. The highest BCUT2D eigenvalue weighted by Crippen LogP contribution is 2.27. The Morgan fingerprint density at radius 3 is 2.37 bits per heavy atom. The molecule has 3 aromatic carbocycles. The molecule has 0 amide bonds. The lowest BCUT2D eigenvalue weighted by Gasteiger charge is -2.29. The summed E-state index contributed by atoms with van der Waals surface area (Å²) in [6, 6.07) is 22.4. The van der Waals surface area contributed by atoms with Gasteiger partial charge in [-0.25, -0.2) is 4.98 Å². The van der Waals surface area contributed by atoms with Crippen LogP contribution in [0, 0.1) is 10.1 Å². The first kappa shape index (κ1) is 23.1. The first-order valence-electron chi connectivity index (χ1n) is 11.8. The summed E-state index contributed by atoms with van der Waals surface area (Å²) in [5.74, 6) is 0.552. The Bertz CT molecular complexity index is 1400. The third kappa shape index (κ3) is 5.22. The van der Waals surface area contributed by atoms with E-state index in [0.717, 1.165) is 29.9 Å². The molecule has 0 saturated carbocycles. The first-order valence-corrected chi connectivity index (χ1v) is 12.8. The first-order chi connectivity index (χ1) is 17.1. The third-order valence-corrected chi connectivity index (χ3v) is 7.37. The molecule has 0 N–H and O–H groups in total. The molecule has 0 unspecified atom stereocenters. The van der Waals surface area contributed by atoms with E-state index in [2.05, 4.69) is 11.0 Å². The highest BCUT2D eigenvalue weighted by molar-refractivity contribution is 7.98. The van der Waals surface area contributed by atoms with Crippen LogP contribution in [-0.2, 0) is 12.3 Å². The van der Waals surface area contributed by atoms with E-state index in [1.807, 2.05) is 42.5 Å². The summed E-state index contributed by atoms with van der Waals surface area (Å²) >= 11 is 1.47. The Balaban J connectivity index is 1.51. The van der Waals surface area contributed by atoms with Gasteiger partial charge in [-0.15, -0.1) is 0 Å². The fraction of sp³-hybridized carbons (Fsp3) is 0.259. The van der Waals surface area contributed by atoms with Crippen molar-refractivity contribution in [3.8, 4) is 0 Å². The fourth-order valence-corrected chi connectivity index (χ4v) is 5.37. The lowest BCUT2D eigenvalue weighted by atomic mass is 10.1. The molecular formula is C27H26N4O3S. The highest BCUT2D eigenvalue weighted by atomic mass is 32.2. The lowest BCUT2D eigenvalue weighted by Crippen LogP contribution is -2.30. The molecule has 4 aromatic rings. The van der Waals surface area contributed by atoms with Gasteiger partial charge in [-0.2, -0.15) is 0 Å². The van der Waals surface area contributed by atoms with Crippen LogP contribution in [0.3, 0.4) is 0 Å². The summed E-state index contributed by atoms with van der Waals surface area (Å²) in [5, 5.41) is 12.2. The largest absolute Gasteiger partial charge is 0.372 e. The standard InChI is InChI=1S/C27H26N4O3S/c32-26-24-17-23(29-15-5-2-6-16-29)13-14-25(24)28-27(30(26)18-20-7-3-1-4-8-20)35-19-21-9-11-22(12-10-21)31(33)34/h1,3-4,7-14,17H,2,5-6,15-16,18-19H2. The van der Waals surface area contributed by atoms with Crippen LogP contribution >= 0.6 is 11.8 Å². The number of nitro groups is 1. The molecule has 1 fully saturated rings. The number of piperidine rings is 1. The summed E-state index contributed by atoms with van der Waals surface area (Å²) in [6.45, 7) is 2.46. The van der Waals surface area contributed by atoms with Crippen molar-refractivity contribution in [2.75, 3.05) is 18.0 Å². The van der Waals surface area contributed by atoms with Crippen molar-refractivity contribution in [2.24, 2.45) is 0 Å². The molecule has 0 aliphatic carbocycles. The number of fused-ring (bicyclic) bond motifs is 1. The monoisotopic (exact) mass is 486 g/mol. The zero-order chi connectivity index (χ0) is 24.2. The molecule has 7 nitrogen and oxygen atoms in total. The lowest BCUT2D eigenvalue weighted by molar-refractivity contribution is -0.384. The van der Waals surface area contributed by atoms with Gasteiger partial charge in [-0.05, 0) is 48.6 Å². The van der Waals surface area contributed by atoms with Gasteiger partial charge in [0.25, 0.3) is 11.2 Å². The predicted octanol–water partition coefficient (Wildman–Crippen LogP) is 5.64. The molecule has 0 spiro atoms. The van der Waals surface area contributed by atoms with Gasteiger partial charge < -0.3 is 4.90 Å². The van der Waals surface area contributed by atoms with Crippen molar-refractivity contribution < 1.29 is 4.92 Å². The van der Waals surface area contributed by atoms with E-state index in [0.29, 0.717) is 28.4 Å². The van der Waals surface area contributed by atoms with Gasteiger partial charge in [0.05, 0.1) is 22.4 Å². The van der Waals surface area contributed by atoms with E-state index in [-0.39, 0.29) is 11.2 Å². The minimum Gasteiger partial charge on any atom is -0.372 e. The van der Waals surface area contributed by atoms with Crippen molar-refractivity contribution in [3.63, 3.8) is 0 Å². The van der Waals surface area contributed by atoms with Crippen LogP contribution in [-0.4, -0.2) is 27.6 Å². The number of rotatable bonds is 7. The number of hydrogen-bond acceptors (Lipinski definition) is 6. The summed E-state index contributed by atoms with van der Waals surface area (Å²) < 4.78 is 1.74. The van der Waals surface area contributed by atoms with E-state index < -0.39 is 4.92 Å². The average Bonchev–Trinajstić information content (AvgIpc) is 2.90. The number of thioether (sulfide) groups is 1. The third-order valence-electron chi connectivity index (χ3n) is 6.32. The van der Waals surface area contributed by atoms with Crippen LogP contribution in [0.5, 0.6) is 0 Å². The van der Waals surface area contributed by atoms with Crippen LogP contribution in [0.15, 0.2) is 82.7 Å². The van der Waals surface area contributed by atoms with E-state index in [1.165, 1.54) is 43.2 Å². The topological polar surface area (TPSA) is 81.3 Å². The molecular weight excluding hydrogens is 460 g/mol. The fourth-order valence-electron chi connectivity index (χ4n) is 4.41. The summed E-state index contributed by atoms with van der Waals surface area (Å²) in [4.78, 5) is 31.5. The van der Waals surface area contributed by atoms with E-state index >= 15 is 0 Å². The second-order valence-electron chi connectivity index (χ2n) is 8.73. The van der Waals surface area contributed by atoms with Crippen molar-refractivity contribution in [1.29, 1.82) is 0 Å². The molecule has 5 rings (SSSR count). The summed E-state index contributed by atoms with van der Waals surface area (Å²) in [5.41, 5.74) is 3.73. The number of nitrogens with zero attached hydrogens (tertiary/aromatic N) is 4. The van der Waals surface area contributed by atoms with Gasteiger partial charge in [-0.1, -0.05) is 54.2 Å². The Hall–Kier alpha value is -3.65. The minimum absolute atomic E-state index is 0.0519. The Labute approximate surface area is 207 Å². The maximum Gasteiger partial charge on any atom is 0.269 e. The van der Waals surface area contributed by atoms with Crippen molar-refractivity contribution in [3.05, 3.63) is 104 Å². The maximum atomic E-state index is 13.7. The molecule has 0 atom stereocenters. The second kappa shape index (κ2) is 10.3. The van der Waals surface area contributed by atoms with E-state index in [1.54, 1.807) is 16.7 Å². The van der Waals surface area contributed by atoms with Crippen molar-refractivity contribution >= 4 is 34.0 Å². The van der Waals surface area contributed by atoms with Crippen LogP contribution in [0.2, 0.25) is 0 Å². The molecule has 1 aliphatic heterocycles. The Morgan fingerprint density at radius 2 is 1.66 bits per heavy atom. The second-order valence-corrected chi connectivity index (χ2v) is 9.68. The predicted molar refractivity (Wildman–Crippen MR) is 140 cm³/mol. The minimum atomic E-state index is -0.405. The molecule has 1 saturated heterocycles. The van der Waals surface area contributed by atoms with Gasteiger partial charge in [0.15, 0.2) is 5.16 Å². The zero-order valence-corrected chi connectivity index (χ0v) is 20.1. The Morgan fingerprint density at radius 1 is 0.914 bits per heavy atom. The van der Waals surface area contributed by atoms with Crippen LogP contribution in [0.4, 0.5) is 11.4 Å². The van der Waals surface area contributed by atoms with Crippen LogP contribution < -0.4 is 10.5 Å². The molecule has 178 valence electrons. The van der Waals surface area contributed by atoms with Gasteiger partial charge in [0, 0.05) is 36.7 Å². The van der Waals surface area contributed by atoms with Crippen LogP contribution in [0.25, 0.3) is 10.9 Å². The molecule has 1 aromatic heterocycles. The highest BCUT2D eigenvalue weighted by Gasteiger charge is 2.16. The molecule has 1 aliphatic rings. The van der Waals surface area contributed by atoms with Gasteiger partial charge in [-0.3, -0.25) is 19.5 Å². The number of hydrogen-bond donors (Lipinski definition) is 0. The number of aromatic nitrogens is 2. The van der Waals surface area contributed by atoms with Gasteiger partial charge >= 0.3 is 0 Å². The zero-order valence-electron chi connectivity index (χ0n) is 19.3. The van der Waals surface area contributed by atoms with E-state index in [9.17, 15) is 14.9 Å². The normalized spacial score (nSPS) is 13.8. The number of non-ortho nitro benzene ring substituents is 1. The quantitative estimate of drug-likeness (QED) is 0.146. The van der Waals surface area contributed by atoms with E-state index in [4.69, 9.17) is 4.98 Å². The molecule has 8 heteroatoms. The molecule has 35 heavy (non-hydrogen) atoms.